The maximum atomic E-state index is 12.1. The van der Waals surface area contributed by atoms with E-state index >= 15 is 0 Å². The Labute approximate surface area is 193 Å². The largest absolute Gasteiger partial charge is 0.478 e. The quantitative estimate of drug-likeness (QED) is 0.561. The highest BCUT2D eigenvalue weighted by molar-refractivity contribution is 6.05. The summed E-state index contributed by atoms with van der Waals surface area (Å²) < 4.78 is 0. The molecule has 1 aromatic heterocycles. The molecule has 0 bridgehead atoms. The number of aromatic nitrogens is 1. The SMILES string of the molecule is CC(C)CNC(=O)CN1CCN(c2cc(C(=O)O)c3cc(NC(=O)C4CC4)ccc3n2)CC1. The van der Waals surface area contributed by atoms with Gasteiger partial charge in [0.1, 0.15) is 5.82 Å². The van der Waals surface area contributed by atoms with Crippen molar-refractivity contribution >= 4 is 40.2 Å². The molecule has 0 radical (unpaired) electrons. The van der Waals surface area contributed by atoms with Crippen LogP contribution in [-0.4, -0.2) is 72.0 Å². The monoisotopic (exact) mass is 453 g/mol. The van der Waals surface area contributed by atoms with Crippen LogP contribution < -0.4 is 15.5 Å². The van der Waals surface area contributed by atoms with Crippen LogP contribution in [0.3, 0.4) is 0 Å². The summed E-state index contributed by atoms with van der Waals surface area (Å²) in [7, 11) is 0. The third-order valence-electron chi connectivity index (χ3n) is 6.01. The fourth-order valence-corrected chi connectivity index (χ4v) is 3.93. The molecule has 4 rings (SSSR count). The zero-order valence-corrected chi connectivity index (χ0v) is 19.1. The number of aromatic carboxylic acids is 1. The van der Waals surface area contributed by atoms with E-state index in [0.29, 0.717) is 67.6 Å². The van der Waals surface area contributed by atoms with E-state index in [1.807, 2.05) is 0 Å². The van der Waals surface area contributed by atoms with Crippen LogP contribution in [0.15, 0.2) is 24.3 Å². The Morgan fingerprint density at radius 3 is 2.48 bits per heavy atom. The molecule has 1 aromatic carbocycles. The van der Waals surface area contributed by atoms with Crippen LogP contribution in [0.2, 0.25) is 0 Å². The third kappa shape index (κ3) is 5.78. The summed E-state index contributed by atoms with van der Waals surface area (Å²) in [5, 5.41) is 16.1. The molecule has 2 aromatic rings. The second kappa shape index (κ2) is 9.74. The molecule has 33 heavy (non-hydrogen) atoms. The van der Waals surface area contributed by atoms with Crippen LogP contribution in [0.4, 0.5) is 11.5 Å². The van der Waals surface area contributed by atoms with Crippen molar-refractivity contribution in [1.82, 2.24) is 15.2 Å². The Morgan fingerprint density at radius 2 is 1.85 bits per heavy atom. The number of hydrogen-bond acceptors (Lipinski definition) is 6. The number of carbonyl (C=O) groups is 3. The lowest BCUT2D eigenvalue weighted by atomic mass is 10.1. The summed E-state index contributed by atoms with van der Waals surface area (Å²) in [5.74, 6) is 0.0671. The average molecular weight is 454 g/mol. The van der Waals surface area contributed by atoms with E-state index < -0.39 is 5.97 Å². The predicted molar refractivity (Wildman–Crippen MR) is 127 cm³/mol. The second-order valence-corrected chi connectivity index (χ2v) is 9.29. The number of carbonyl (C=O) groups excluding carboxylic acids is 2. The van der Waals surface area contributed by atoms with Gasteiger partial charge in [-0.3, -0.25) is 14.5 Å². The van der Waals surface area contributed by atoms with E-state index in [1.54, 1.807) is 24.3 Å². The minimum absolute atomic E-state index is 0.0217. The van der Waals surface area contributed by atoms with Crippen LogP contribution in [0.1, 0.15) is 37.0 Å². The molecular weight excluding hydrogens is 422 g/mol. The first kappa shape index (κ1) is 23.0. The zero-order chi connectivity index (χ0) is 23.5. The Kier molecular flexibility index (Phi) is 6.78. The number of rotatable bonds is 8. The van der Waals surface area contributed by atoms with E-state index in [0.717, 1.165) is 12.8 Å². The van der Waals surface area contributed by atoms with Crippen molar-refractivity contribution in [1.29, 1.82) is 0 Å². The number of hydrogen-bond donors (Lipinski definition) is 3. The summed E-state index contributed by atoms with van der Waals surface area (Å²) in [6.45, 7) is 7.87. The molecule has 1 aliphatic heterocycles. The molecule has 1 saturated carbocycles. The molecule has 0 spiro atoms. The van der Waals surface area contributed by atoms with Gasteiger partial charge in [0.25, 0.3) is 0 Å². The minimum atomic E-state index is -1.03. The average Bonchev–Trinajstić information content (AvgIpc) is 3.63. The molecule has 2 amide bonds. The standard InChI is InChI=1S/C24H31N5O4/c1-15(2)13-25-22(30)14-28-7-9-29(10-8-28)21-12-19(24(32)33)18-11-17(5-6-20(18)27-21)26-23(31)16-3-4-16/h5-6,11-12,15-16H,3-4,7-10,13-14H2,1-2H3,(H,25,30)(H,26,31)(H,32,33). The molecule has 2 heterocycles. The van der Waals surface area contributed by atoms with Gasteiger partial charge in [-0.1, -0.05) is 13.8 Å². The first-order valence-electron chi connectivity index (χ1n) is 11.5. The highest BCUT2D eigenvalue weighted by atomic mass is 16.4. The Balaban J connectivity index is 1.45. The van der Waals surface area contributed by atoms with Crippen LogP contribution in [0.25, 0.3) is 10.9 Å². The number of carboxylic acid groups (broad SMARTS) is 1. The smallest absolute Gasteiger partial charge is 0.336 e. The molecule has 2 aliphatic rings. The normalized spacial score (nSPS) is 16.8. The number of carboxylic acids is 1. The predicted octanol–water partition coefficient (Wildman–Crippen LogP) is 2.18. The van der Waals surface area contributed by atoms with Gasteiger partial charge in [-0.05, 0) is 43.0 Å². The van der Waals surface area contributed by atoms with Gasteiger partial charge in [0.2, 0.25) is 11.8 Å². The lowest BCUT2D eigenvalue weighted by molar-refractivity contribution is -0.122. The fraction of sp³-hybridized carbons (Fsp3) is 0.500. The van der Waals surface area contributed by atoms with Crippen molar-refractivity contribution in [2.75, 3.05) is 49.5 Å². The highest BCUT2D eigenvalue weighted by Gasteiger charge is 2.29. The molecular formula is C24H31N5O4. The summed E-state index contributed by atoms with van der Waals surface area (Å²) in [6.07, 6.45) is 1.81. The number of nitrogens with one attached hydrogen (secondary N) is 2. The molecule has 176 valence electrons. The molecule has 1 aliphatic carbocycles. The van der Waals surface area contributed by atoms with Gasteiger partial charge in [-0.15, -0.1) is 0 Å². The molecule has 3 N–H and O–H groups in total. The van der Waals surface area contributed by atoms with Crippen molar-refractivity contribution in [3.63, 3.8) is 0 Å². The maximum Gasteiger partial charge on any atom is 0.336 e. The topological polar surface area (TPSA) is 115 Å². The third-order valence-corrected chi connectivity index (χ3v) is 6.01. The van der Waals surface area contributed by atoms with Crippen molar-refractivity contribution in [2.24, 2.45) is 11.8 Å². The number of piperazine rings is 1. The highest BCUT2D eigenvalue weighted by Crippen LogP contribution is 2.31. The summed E-state index contributed by atoms with van der Waals surface area (Å²) in [4.78, 5) is 45.0. The lowest BCUT2D eigenvalue weighted by Gasteiger charge is -2.35. The fourth-order valence-electron chi connectivity index (χ4n) is 3.93. The summed E-state index contributed by atoms with van der Waals surface area (Å²) in [6, 6.07) is 6.80. The Hall–Kier alpha value is -3.20. The number of anilines is 2. The first-order valence-corrected chi connectivity index (χ1v) is 11.5. The van der Waals surface area contributed by atoms with Crippen LogP contribution >= 0.6 is 0 Å². The van der Waals surface area contributed by atoms with Gasteiger partial charge in [0.05, 0.1) is 17.6 Å². The van der Waals surface area contributed by atoms with E-state index in [4.69, 9.17) is 4.98 Å². The molecule has 1 saturated heterocycles. The number of pyridine rings is 1. The summed E-state index contributed by atoms with van der Waals surface area (Å²) in [5.41, 5.74) is 1.32. The van der Waals surface area contributed by atoms with Crippen molar-refractivity contribution in [3.05, 3.63) is 29.8 Å². The van der Waals surface area contributed by atoms with Gasteiger partial charge < -0.3 is 20.6 Å². The Bertz CT molecular complexity index is 1060. The van der Waals surface area contributed by atoms with E-state index in [2.05, 4.69) is 34.3 Å². The van der Waals surface area contributed by atoms with Crippen molar-refractivity contribution < 1.29 is 19.5 Å². The lowest BCUT2D eigenvalue weighted by Crippen LogP contribution is -2.50. The van der Waals surface area contributed by atoms with Crippen molar-refractivity contribution in [2.45, 2.75) is 26.7 Å². The van der Waals surface area contributed by atoms with E-state index in [9.17, 15) is 19.5 Å². The van der Waals surface area contributed by atoms with Crippen LogP contribution in [0, 0.1) is 11.8 Å². The number of nitrogens with zero attached hydrogens (tertiary/aromatic N) is 3. The second-order valence-electron chi connectivity index (χ2n) is 9.29. The van der Waals surface area contributed by atoms with E-state index in [1.165, 1.54) is 0 Å². The van der Waals surface area contributed by atoms with Gasteiger partial charge in [0, 0.05) is 49.7 Å². The molecule has 0 atom stereocenters. The molecule has 0 unspecified atom stereocenters. The maximum absolute atomic E-state index is 12.1. The molecule has 9 heteroatoms. The number of benzene rings is 1. The van der Waals surface area contributed by atoms with Gasteiger partial charge in [-0.2, -0.15) is 0 Å². The Morgan fingerprint density at radius 1 is 1.12 bits per heavy atom. The zero-order valence-electron chi connectivity index (χ0n) is 19.1. The van der Waals surface area contributed by atoms with Gasteiger partial charge >= 0.3 is 5.97 Å². The van der Waals surface area contributed by atoms with Crippen molar-refractivity contribution in [3.8, 4) is 0 Å². The van der Waals surface area contributed by atoms with Crippen LogP contribution in [-0.2, 0) is 9.59 Å². The molecule has 9 nitrogen and oxygen atoms in total. The first-order chi connectivity index (χ1) is 15.8. The van der Waals surface area contributed by atoms with Crippen LogP contribution in [0.5, 0.6) is 0 Å². The summed E-state index contributed by atoms with van der Waals surface area (Å²) >= 11 is 0. The van der Waals surface area contributed by atoms with Gasteiger partial charge in [-0.25, -0.2) is 9.78 Å². The minimum Gasteiger partial charge on any atom is -0.478 e. The van der Waals surface area contributed by atoms with Gasteiger partial charge in [0.15, 0.2) is 0 Å². The van der Waals surface area contributed by atoms with E-state index in [-0.39, 0.29) is 23.3 Å². The number of fused-ring (bicyclic) bond motifs is 1. The molecule has 2 fully saturated rings. The number of amides is 2.